The maximum Gasteiger partial charge on any atom is 0.0710 e. The molecule has 1 rings (SSSR count). The van der Waals surface area contributed by atoms with Crippen LogP contribution in [0.1, 0.15) is 47.0 Å². The second-order valence-corrected chi connectivity index (χ2v) is 4.91. The van der Waals surface area contributed by atoms with Gasteiger partial charge in [-0.2, -0.15) is 0 Å². The Morgan fingerprint density at radius 1 is 1.31 bits per heavy atom. The van der Waals surface area contributed by atoms with E-state index >= 15 is 0 Å². The van der Waals surface area contributed by atoms with Gasteiger partial charge in [0.05, 0.1) is 5.60 Å². The summed E-state index contributed by atoms with van der Waals surface area (Å²) in [5, 5.41) is 10.3. The highest BCUT2D eigenvalue weighted by molar-refractivity contribution is 5.14. The molecule has 1 aliphatic carbocycles. The van der Waals surface area contributed by atoms with Crippen molar-refractivity contribution in [2.24, 2.45) is 11.8 Å². The molecule has 1 atom stereocenters. The number of aliphatic hydroxyl groups is 1. The quantitative estimate of drug-likeness (QED) is 0.650. The van der Waals surface area contributed by atoms with Crippen molar-refractivity contribution in [2.75, 3.05) is 0 Å². The first-order valence-corrected chi connectivity index (χ1v) is 5.37. The minimum absolute atomic E-state index is 0.370. The van der Waals surface area contributed by atoms with Gasteiger partial charge in [-0.25, -0.2) is 0 Å². The molecule has 0 fully saturated rings. The van der Waals surface area contributed by atoms with E-state index in [9.17, 15) is 5.11 Å². The summed E-state index contributed by atoms with van der Waals surface area (Å²) in [7, 11) is 0. The van der Waals surface area contributed by atoms with Crippen molar-refractivity contribution in [1.82, 2.24) is 0 Å². The van der Waals surface area contributed by atoms with Gasteiger partial charge in [-0.15, -0.1) is 0 Å². The summed E-state index contributed by atoms with van der Waals surface area (Å²) in [5.74, 6) is 0.959. The van der Waals surface area contributed by atoms with Gasteiger partial charge in [0.2, 0.25) is 0 Å². The lowest BCUT2D eigenvalue weighted by Gasteiger charge is -2.37. The normalized spacial score (nSPS) is 29.6. The van der Waals surface area contributed by atoms with E-state index < -0.39 is 5.60 Å². The van der Waals surface area contributed by atoms with E-state index in [1.54, 1.807) is 0 Å². The third-order valence-electron chi connectivity index (χ3n) is 3.31. The second kappa shape index (κ2) is 3.83. The molecule has 1 unspecified atom stereocenters. The maximum absolute atomic E-state index is 10.3. The molecule has 0 aromatic heterocycles. The van der Waals surface area contributed by atoms with Gasteiger partial charge in [-0.05, 0) is 31.1 Å². The fourth-order valence-corrected chi connectivity index (χ4v) is 1.95. The lowest BCUT2D eigenvalue weighted by molar-refractivity contribution is -0.0176. The molecule has 0 bridgehead atoms. The van der Waals surface area contributed by atoms with Crippen molar-refractivity contribution in [3.8, 4) is 0 Å². The molecule has 1 nitrogen and oxygen atoms in total. The van der Waals surface area contributed by atoms with Gasteiger partial charge in [0.1, 0.15) is 0 Å². The molecule has 0 saturated heterocycles. The van der Waals surface area contributed by atoms with Crippen molar-refractivity contribution in [1.29, 1.82) is 0 Å². The Morgan fingerprint density at radius 3 is 2.38 bits per heavy atom. The van der Waals surface area contributed by atoms with E-state index in [4.69, 9.17) is 0 Å². The third-order valence-corrected chi connectivity index (χ3v) is 3.31. The average Bonchev–Trinajstić information content (AvgIpc) is 2.04. The summed E-state index contributed by atoms with van der Waals surface area (Å²) in [6.45, 7) is 8.64. The largest absolute Gasteiger partial charge is 0.389 e. The standard InChI is InChI=1S/C12H22O/c1-9(2)11-6-5-7-12(13,8-11)10(3)4/h6,9-10,13H,5,7-8H2,1-4H3. The topological polar surface area (TPSA) is 20.2 Å². The summed E-state index contributed by atoms with van der Waals surface area (Å²) < 4.78 is 0. The van der Waals surface area contributed by atoms with Crippen molar-refractivity contribution < 1.29 is 5.11 Å². The molecule has 0 saturated carbocycles. The highest BCUT2D eigenvalue weighted by Crippen LogP contribution is 2.36. The van der Waals surface area contributed by atoms with Crippen LogP contribution in [0.25, 0.3) is 0 Å². The van der Waals surface area contributed by atoms with Gasteiger partial charge in [0, 0.05) is 0 Å². The number of rotatable bonds is 2. The van der Waals surface area contributed by atoms with E-state index in [1.807, 2.05) is 0 Å². The monoisotopic (exact) mass is 182 g/mol. The highest BCUT2D eigenvalue weighted by atomic mass is 16.3. The van der Waals surface area contributed by atoms with Crippen molar-refractivity contribution in [3.63, 3.8) is 0 Å². The lowest BCUT2D eigenvalue weighted by atomic mass is 9.75. The number of allylic oxidation sites excluding steroid dienone is 1. The molecule has 0 aromatic carbocycles. The Morgan fingerprint density at radius 2 is 1.92 bits per heavy atom. The molecule has 0 radical (unpaired) electrons. The summed E-state index contributed by atoms with van der Waals surface area (Å²) in [4.78, 5) is 0. The van der Waals surface area contributed by atoms with Crippen LogP contribution in [0.15, 0.2) is 11.6 Å². The van der Waals surface area contributed by atoms with Crippen molar-refractivity contribution in [3.05, 3.63) is 11.6 Å². The van der Waals surface area contributed by atoms with Crippen LogP contribution in [0.3, 0.4) is 0 Å². The molecule has 1 N–H and O–H groups in total. The Bertz CT molecular complexity index is 203. The molecular formula is C12H22O. The molecular weight excluding hydrogens is 160 g/mol. The Hall–Kier alpha value is -0.300. The van der Waals surface area contributed by atoms with Gasteiger partial charge in [-0.3, -0.25) is 0 Å². The second-order valence-electron chi connectivity index (χ2n) is 4.91. The maximum atomic E-state index is 10.3. The zero-order valence-electron chi connectivity index (χ0n) is 9.30. The van der Waals surface area contributed by atoms with E-state index in [0.29, 0.717) is 11.8 Å². The molecule has 0 spiro atoms. The summed E-state index contributed by atoms with van der Waals surface area (Å²) in [6.07, 6.45) is 5.16. The van der Waals surface area contributed by atoms with Crippen LogP contribution in [0.2, 0.25) is 0 Å². The smallest absolute Gasteiger partial charge is 0.0710 e. The van der Waals surface area contributed by atoms with Gasteiger partial charge >= 0.3 is 0 Å². The fourth-order valence-electron chi connectivity index (χ4n) is 1.95. The van der Waals surface area contributed by atoms with Gasteiger partial charge in [0.25, 0.3) is 0 Å². The summed E-state index contributed by atoms with van der Waals surface area (Å²) in [5.41, 5.74) is 0.997. The minimum Gasteiger partial charge on any atom is -0.389 e. The third kappa shape index (κ3) is 2.34. The van der Waals surface area contributed by atoms with E-state index in [-0.39, 0.29) is 0 Å². The Labute approximate surface area is 81.9 Å². The van der Waals surface area contributed by atoms with Crippen LogP contribution in [0.5, 0.6) is 0 Å². The van der Waals surface area contributed by atoms with Crippen LogP contribution in [-0.4, -0.2) is 10.7 Å². The first kappa shape index (κ1) is 10.8. The first-order valence-electron chi connectivity index (χ1n) is 5.37. The fraction of sp³-hybridized carbons (Fsp3) is 0.833. The SMILES string of the molecule is CC(C)C1=CCCC(O)(C(C)C)C1. The van der Waals surface area contributed by atoms with E-state index in [1.165, 1.54) is 5.57 Å². The zero-order chi connectivity index (χ0) is 10.1. The van der Waals surface area contributed by atoms with Crippen molar-refractivity contribution in [2.45, 2.75) is 52.6 Å². The molecule has 1 heteroatoms. The van der Waals surface area contributed by atoms with E-state index in [2.05, 4.69) is 33.8 Å². The summed E-state index contributed by atoms with van der Waals surface area (Å²) in [6, 6.07) is 0. The van der Waals surface area contributed by atoms with Gasteiger partial charge in [-0.1, -0.05) is 39.3 Å². The zero-order valence-corrected chi connectivity index (χ0v) is 9.30. The average molecular weight is 182 g/mol. The van der Waals surface area contributed by atoms with Crippen LogP contribution in [0, 0.1) is 11.8 Å². The van der Waals surface area contributed by atoms with E-state index in [0.717, 1.165) is 19.3 Å². The Balaban J connectivity index is 2.72. The lowest BCUT2D eigenvalue weighted by Crippen LogP contribution is -2.37. The van der Waals surface area contributed by atoms with Gasteiger partial charge < -0.3 is 5.11 Å². The highest BCUT2D eigenvalue weighted by Gasteiger charge is 2.33. The molecule has 0 amide bonds. The van der Waals surface area contributed by atoms with Crippen LogP contribution in [0.4, 0.5) is 0 Å². The number of hydrogen-bond donors (Lipinski definition) is 1. The molecule has 0 aliphatic heterocycles. The van der Waals surface area contributed by atoms with Crippen LogP contribution < -0.4 is 0 Å². The van der Waals surface area contributed by atoms with Crippen LogP contribution >= 0.6 is 0 Å². The molecule has 0 heterocycles. The summed E-state index contributed by atoms with van der Waals surface area (Å²) >= 11 is 0. The molecule has 0 aromatic rings. The minimum atomic E-state index is -0.436. The molecule has 76 valence electrons. The first-order chi connectivity index (χ1) is 5.96. The predicted molar refractivity (Wildman–Crippen MR) is 56.6 cm³/mol. The Kier molecular flexibility index (Phi) is 3.18. The molecule has 13 heavy (non-hydrogen) atoms. The van der Waals surface area contributed by atoms with Crippen molar-refractivity contribution >= 4 is 0 Å². The molecule has 1 aliphatic rings. The van der Waals surface area contributed by atoms with Gasteiger partial charge in [0.15, 0.2) is 0 Å². The van der Waals surface area contributed by atoms with Crippen LogP contribution in [-0.2, 0) is 0 Å². The predicted octanol–water partition coefficient (Wildman–Crippen LogP) is 3.14. The number of hydrogen-bond acceptors (Lipinski definition) is 1.